The molecular weight excluding hydrogens is 1260 g/mol. The minimum atomic E-state index is -4.98. The lowest BCUT2D eigenvalue weighted by Crippen LogP contribution is -2.30. The van der Waals surface area contributed by atoms with Crippen LogP contribution in [-0.4, -0.2) is 96.7 Å². The number of phosphoric ester groups is 2. The van der Waals surface area contributed by atoms with E-state index in [4.69, 9.17) is 37.0 Å². The van der Waals surface area contributed by atoms with Crippen molar-refractivity contribution in [2.24, 2.45) is 0 Å². The maximum atomic E-state index is 13.0. The number of unbranched alkanes of at least 4 members (excludes halogenated alkanes) is 25. The molecule has 0 aromatic carbocycles. The zero-order chi connectivity index (χ0) is 70.4. The molecule has 0 aromatic heterocycles. The zero-order valence-electron chi connectivity index (χ0n) is 60.0. The quantitative estimate of drug-likeness (QED) is 0.0169. The lowest BCUT2D eigenvalue weighted by atomic mass is 10.1. The molecule has 3 N–H and O–H groups in total. The van der Waals surface area contributed by atoms with E-state index in [2.05, 4.69) is 137 Å². The van der Waals surface area contributed by atoms with Crippen LogP contribution in [0.15, 0.2) is 109 Å². The Balaban J connectivity index is 5.35. The minimum absolute atomic E-state index is 0.0686. The second-order valence-electron chi connectivity index (χ2n) is 24.5. The van der Waals surface area contributed by atoms with Crippen molar-refractivity contribution < 1.29 is 80.2 Å². The van der Waals surface area contributed by atoms with E-state index in [1.807, 2.05) is 0 Å². The van der Waals surface area contributed by atoms with Crippen LogP contribution in [0.1, 0.15) is 297 Å². The van der Waals surface area contributed by atoms with Gasteiger partial charge in [-0.05, 0) is 122 Å². The van der Waals surface area contributed by atoms with Crippen LogP contribution in [0.25, 0.3) is 0 Å². The summed E-state index contributed by atoms with van der Waals surface area (Å²) in [4.78, 5) is 72.7. The average molecular weight is 1390 g/mol. The molecule has 0 aliphatic rings. The Morgan fingerprint density at radius 2 is 0.562 bits per heavy atom. The highest BCUT2D eigenvalue weighted by Crippen LogP contribution is 2.45. The molecule has 0 saturated carbocycles. The molecule has 19 heteroatoms. The molecule has 0 aliphatic heterocycles. The third-order valence-electron chi connectivity index (χ3n) is 15.2. The molecule has 0 aromatic rings. The van der Waals surface area contributed by atoms with Crippen molar-refractivity contribution in [1.29, 1.82) is 0 Å². The first-order valence-corrected chi connectivity index (χ1v) is 40.1. The predicted molar refractivity (Wildman–Crippen MR) is 390 cm³/mol. The molecule has 96 heavy (non-hydrogen) atoms. The third-order valence-corrected chi connectivity index (χ3v) is 17.1. The van der Waals surface area contributed by atoms with Gasteiger partial charge in [0.15, 0.2) is 12.2 Å². The van der Waals surface area contributed by atoms with Gasteiger partial charge >= 0.3 is 39.5 Å². The van der Waals surface area contributed by atoms with E-state index >= 15 is 0 Å². The number of aliphatic hydroxyl groups excluding tert-OH is 1. The second kappa shape index (κ2) is 69.2. The summed E-state index contributed by atoms with van der Waals surface area (Å²) >= 11 is 0. The van der Waals surface area contributed by atoms with Crippen molar-refractivity contribution in [2.45, 2.75) is 316 Å². The first kappa shape index (κ1) is 91.7. The molecule has 552 valence electrons. The number of aliphatic hydroxyl groups is 1. The summed E-state index contributed by atoms with van der Waals surface area (Å²) in [7, 11) is -9.96. The van der Waals surface area contributed by atoms with Crippen molar-refractivity contribution in [3.8, 4) is 0 Å². The minimum Gasteiger partial charge on any atom is -0.462 e. The lowest BCUT2D eigenvalue weighted by molar-refractivity contribution is -0.161. The van der Waals surface area contributed by atoms with Gasteiger partial charge in [-0.1, -0.05) is 259 Å². The molecule has 0 rings (SSSR count). The zero-order valence-corrected chi connectivity index (χ0v) is 61.8. The molecule has 0 spiro atoms. The number of allylic oxidation sites excluding steroid dienone is 18. The molecule has 0 heterocycles. The molecule has 17 nitrogen and oxygen atoms in total. The van der Waals surface area contributed by atoms with Crippen molar-refractivity contribution in [1.82, 2.24) is 0 Å². The van der Waals surface area contributed by atoms with Gasteiger partial charge in [0, 0.05) is 25.7 Å². The highest BCUT2D eigenvalue weighted by atomic mass is 31.2. The van der Waals surface area contributed by atoms with Crippen LogP contribution >= 0.6 is 15.6 Å². The molecule has 0 aliphatic carbocycles. The third kappa shape index (κ3) is 68.3. The average Bonchev–Trinajstić information content (AvgIpc) is 1.84. The van der Waals surface area contributed by atoms with E-state index in [0.717, 1.165) is 180 Å². The smallest absolute Gasteiger partial charge is 0.462 e. The van der Waals surface area contributed by atoms with Gasteiger partial charge in [-0.2, -0.15) is 0 Å². The molecule has 0 radical (unpaired) electrons. The number of carbonyl (C=O) groups excluding carboxylic acids is 4. The Morgan fingerprint density at radius 3 is 0.896 bits per heavy atom. The number of rotatable bonds is 69. The largest absolute Gasteiger partial charge is 0.472 e. The molecule has 0 saturated heterocycles. The van der Waals surface area contributed by atoms with Crippen LogP contribution in [0.5, 0.6) is 0 Å². The van der Waals surface area contributed by atoms with E-state index in [1.165, 1.54) is 38.5 Å². The summed E-state index contributed by atoms with van der Waals surface area (Å²) in [6, 6.07) is 0. The Labute approximate surface area is 581 Å². The van der Waals surface area contributed by atoms with Crippen LogP contribution in [0.2, 0.25) is 0 Å². The predicted octanol–water partition coefficient (Wildman–Crippen LogP) is 21.0. The molecule has 0 amide bonds. The van der Waals surface area contributed by atoms with E-state index < -0.39 is 97.5 Å². The highest BCUT2D eigenvalue weighted by molar-refractivity contribution is 7.47. The summed E-state index contributed by atoms with van der Waals surface area (Å²) in [5.74, 6) is -2.24. The fourth-order valence-electron chi connectivity index (χ4n) is 9.62. The van der Waals surface area contributed by atoms with Gasteiger partial charge in [0.05, 0.1) is 26.4 Å². The van der Waals surface area contributed by atoms with E-state index in [1.54, 1.807) is 0 Å². The number of hydrogen-bond acceptors (Lipinski definition) is 15. The number of ether oxygens (including phenoxy) is 4. The topological polar surface area (TPSA) is 237 Å². The maximum Gasteiger partial charge on any atom is 0.472 e. The van der Waals surface area contributed by atoms with Gasteiger partial charge in [0.25, 0.3) is 0 Å². The van der Waals surface area contributed by atoms with Gasteiger partial charge in [-0.3, -0.25) is 37.3 Å². The molecular formula is C77H132O17P2. The summed E-state index contributed by atoms with van der Waals surface area (Å²) in [5, 5.41) is 10.6. The summed E-state index contributed by atoms with van der Waals surface area (Å²) in [6.45, 7) is 4.50. The monoisotopic (exact) mass is 1390 g/mol. The normalized spacial score (nSPS) is 14.6. The van der Waals surface area contributed by atoms with Crippen molar-refractivity contribution >= 4 is 39.5 Å². The Morgan fingerprint density at radius 1 is 0.302 bits per heavy atom. The Hall–Kier alpha value is -4.28. The highest BCUT2D eigenvalue weighted by Gasteiger charge is 2.30. The fraction of sp³-hybridized carbons (Fsp3) is 0.714. The van der Waals surface area contributed by atoms with Crippen LogP contribution < -0.4 is 0 Å². The first-order valence-electron chi connectivity index (χ1n) is 37.1. The van der Waals surface area contributed by atoms with Crippen LogP contribution in [-0.2, 0) is 65.4 Å². The number of phosphoric acid groups is 2. The molecule has 5 unspecified atom stereocenters. The molecule has 0 fully saturated rings. The summed E-state index contributed by atoms with van der Waals surface area (Å²) in [6.07, 6.45) is 72.4. The number of hydrogen-bond donors (Lipinski definition) is 3. The van der Waals surface area contributed by atoms with Gasteiger partial charge in [-0.25, -0.2) is 9.13 Å². The Kier molecular flexibility index (Phi) is 66.1. The van der Waals surface area contributed by atoms with Crippen molar-refractivity contribution in [3.63, 3.8) is 0 Å². The van der Waals surface area contributed by atoms with Gasteiger partial charge in [-0.15, -0.1) is 0 Å². The maximum absolute atomic E-state index is 13.0. The second-order valence-corrected chi connectivity index (χ2v) is 27.4. The van der Waals surface area contributed by atoms with E-state index in [-0.39, 0.29) is 25.7 Å². The fourth-order valence-corrected chi connectivity index (χ4v) is 11.2. The lowest BCUT2D eigenvalue weighted by Gasteiger charge is -2.21. The van der Waals surface area contributed by atoms with Crippen LogP contribution in [0.4, 0.5) is 0 Å². The van der Waals surface area contributed by atoms with E-state index in [9.17, 15) is 43.2 Å². The summed E-state index contributed by atoms with van der Waals surface area (Å²) < 4.78 is 68.3. The van der Waals surface area contributed by atoms with Crippen LogP contribution in [0, 0.1) is 0 Å². The number of carbonyl (C=O) groups is 4. The van der Waals surface area contributed by atoms with E-state index in [0.29, 0.717) is 25.7 Å². The van der Waals surface area contributed by atoms with Gasteiger partial charge in [0.1, 0.15) is 19.3 Å². The van der Waals surface area contributed by atoms with Gasteiger partial charge < -0.3 is 33.8 Å². The Bertz CT molecular complexity index is 2250. The first-order chi connectivity index (χ1) is 46.7. The van der Waals surface area contributed by atoms with Gasteiger partial charge in [0.2, 0.25) is 0 Å². The molecule has 5 atom stereocenters. The standard InChI is InChI=1S/C77H132O17P2/c1-5-9-13-17-21-25-29-32-34-35-37-40-43-46-50-54-58-62-75(80)87-67-72(93-76(81)63-59-55-51-47-41-28-24-20-16-12-8-4)69-91-95(83,84)89-65-71(78)66-90-96(85,86)92-70-73(94-77(82)64-60-56-52-48-44-38-31-27-23-19-15-11-7-3)68-88-74(79)61-57-53-49-45-42-39-36-33-30-26-22-18-14-10-6-2/h9-10,13-15,19,21-22,25-27,31-34,36,42,45,71-73,78H,5-8,11-12,16-18,20,23-24,28-30,35,37-41,43-44,46-70H2,1-4H3,(H,83,84)(H,85,86)/b13-9-,14-10-,19-15-,25-21-,26-22-,31-27-,34-32-,36-33-,45-42-. The SMILES string of the molecule is CC/C=C\C/C=C\C/C=C\C/C=C\CCCCC(=O)OCC(COP(=O)(O)OCC(O)COP(=O)(O)OCC(COC(=O)CCCCCCCCC/C=C\C/C=C\C/C=C\CC)OC(=O)CCCCCCCCCCCCC)OC(=O)CCCCCCC/C=C\C/C=C\CCC. The summed E-state index contributed by atoms with van der Waals surface area (Å²) in [5.41, 5.74) is 0. The number of esters is 4. The van der Waals surface area contributed by atoms with Crippen molar-refractivity contribution in [2.75, 3.05) is 39.6 Å². The molecule has 0 bridgehead atoms. The van der Waals surface area contributed by atoms with Crippen molar-refractivity contribution in [3.05, 3.63) is 109 Å². The van der Waals surface area contributed by atoms with Crippen LogP contribution in [0.3, 0.4) is 0 Å².